The van der Waals surface area contributed by atoms with Crippen LogP contribution in [0.1, 0.15) is 0 Å². The highest BCUT2D eigenvalue weighted by atomic mass is 16.3. The molecule has 11 rings (SSSR count). The quantitative estimate of drug-likeness (QED) is 0.172. The molecule has 0 unspecified atom stereocenters. The van der Waals surface area contributed by atoms with Gasteiger partial charge < -0.3 is 8.83 Å². The minimum Gasteiger partial charge on any atom is -0.456 e. The number of hydrogen-bond donors (Lipinski definition) is 0. The van der Waals surface area contributed by atoms with Crippen molar-refractivity contribution in [1.82, 2.24) is 9.97 Å². The molecule has 11 aromatic rings. The van der Waals surface area contributed by atoms with E-state index >= 15 is 0 Å². The number of furan rings is 2. The number of fused-ring (bicyclic) bond motifs is 6. The molecule has 0 bridgehead atoms. The number of nitrogens with zero attached hydrogens (tertiary/aromatic N) is 2. The summed E-state index contributed by atoms with van der Waals surface area (Å²) in [7, 11) is 0. The van der Waals surface area contributed by atoms with Gasteiger partial charge in [0.15, 0.2) is 5.82 Å². The lowest BCUT2D eigenvalue weighted by Crippen LogP contribution is -1.97. The number of hydrogen-bond acceptors (Lipinski definition) is 4. The van der Waals surface area contributed by atoms with Gasteiger partial charge in [-0.1, -0.05) is 127 Å². The molecule has 0 fully saturated rings. The molecular formula is C52H32N2O2. The van der Waals surface area contributed by atoms with E-state index in [-0.39, 0.29) is 0 Å². The van der Waals surface area contributed by atoms with Crippen molar-refractivity contribution in [3.05, 3.63) is 194 Å². The molecular weight excluding hydrogens is 685 g/mol. The second-order valence-corrected chi connectivity index (χ2v) is 14.2. The van der Waals surface area contributed by atoms with E-state index in [2.05, 4.69) is 164 Å². The minimum atomic E-state index is 0.661. The molecule has 262 valence electrons. The number of rotatable bonds is 6. The molecule has 0 saturated carbocycles. The molecule has 0 spiro atoms. The van der Waals surface area contributed by atoms with Crippen molar-refractivity contribution in [3.8, 4) is 67.3 Å². The van der Waals surface area contributed by atoms with Crippen LogP contribution < -0.4 is 0 Å². The van der Waals surface area contributed by atoms with Gasteiger partial charge in [0, 0.05) is 38.2 Å². The van der Waals surface area contributed by atoms with Crippen LogP contribution in [0.5, 0.6) is 0 Å². The smallest absolute Gasteiger partial charge is 0.160 e. The molecule has 0 aliphatic heterocycles. The van der Waals surface area contributed by atoms with Gasteiger partial charge in [-0.2, -0.15) is 0 Å². The van der Waals surface area contributed by atoms with Crippen LogP contribution in [-0.4, -0.2) is 9.97 Å². The van der Waals surface area contributed by atoms with E-state index in [1.807, 2.05) is 30.3 Å². The van der Waals surface area contributed by atoms with Crippen LogP contribution in [0.3, 0.4) is 0 Å². The number of benzene rings is 8. The van der Waals surface area contributed by atoms with Crippen LogP contribution >= 0.6 is 0 Å². The van der Waals surface area contributed by atoms with E-state index in [1.54, 1.807) is 0 Å². The van der Waals surface area contributed by atoms with E-state index in [0.29, 0.717) is 5.82 Å². The molecule has 4 heteroatoms. The fourth-order valence-corrected chi connectivity index (χ4v) is 7.87. The van der Waals surface area contributed by atoms with Crippen LogP contribution in [0, 0.1) is 0 Å². The van der Waals surface area contributed by atoms with Crippen molar-refractivity contribution < 1.29 is 8.83 Å². The van der Waals surface area contributed by atoms with Crippen LogP contribution in [-0.2, 0) is 0 Å². The second kappa shape index (κ2) is 13.1. The van der Waals surface area contributed by atoms with E-state index in [1.165, 1.54) is 0 Å². The van der Waals surface area contributed by atoms with Crippen LogP contribution in [0.25, 0.3) is 111 Å². The molecule has 0 saturated heterocycles. The molecule has 3 heterocycles. The Morgan fingerprint density at radius 1 is 0.250 bits per heavy atom. The topological polar surface area (TPSA) is 52.1 Å². The maximum Gasteiger partial charge on any atom is 0.160 e. The summed E-state index contributed by atoms with van der Waals surface area (Å²) >= 11 is 0. The van der Waals surface area contributed by atoms with Crippen molar-refractivity contribution >= 4 is 43.9 Å². The van der Waals surface area contributed by atoms with Crippen molar-refractivity contribution in [2.45, 2.75) is 0 Å². The first-order valence-electron chi connectivity index (χ1n) is 18.8. The Morgan fingerprint density at radius 2 is 0.732 bits per heavy atom. The van der Waals surface area contributed by atoms with Crippen molar-refractivity contribution in [2.24, 2.45) is 0 Å². The normalized spacial score (nSPS) is 11.6. The molecule has 8 aromatic carbocycles. The second-order valence-electron chi connectivity index (χ2n) is 14.2. The first-order valence-corrected chi connectivity index (χ1v) is 18.8. The Balaban J connectivity index is 1.07. The van der Waals surface area contributed by atoms with Gasteiger partial charge >= 0.3 is 0 Å². The fourth-order valence-electron chi connectivity index (χ4n) is 7.87. The predicted molar refractivity (Wildman–Crippen MR) is 229 cm³/mol. The van der Waals surface area contributed by atoms with Gasteiger partial charge in [-0.3, -0.25) is 0 Å². The Kier molecular flexibility index (Phi) is 7.46. The van der Waals surface area contributed by atoms with Crippen LogP contribution in [0.4, 0.5) is 0 Å². The SMILES string of the molecule is c1ccc(-c2cc(-c3ccc4c(c3)oc3ccccc34)cc(-c3cc(-c4ccccc4)nc(-c4cccc(-c5ccc6oc7ccccc7c6c5)c4)n3)c2)cc1. The summed E-state index contributed by atoms with van der Waals surface area (Å²) in [5.41, 5.74) is 14.8. The monoisotopic (exact) mass is 716 g/mol. The average Bonchev–Trinajstić information content (AvgIpc) is 3.84. The van der Waals surface area contributed by atoms with Gasteiger partial charge in [-0.15, -0.1) is 0 Å². The maximum atomic E-state index is 6.33. The van der Waals surface area contributed by atoms with Crippen LogP contribution in [0.2, 0.25) is 0 Å². The van der Waals surface area contributed by atoms with E-state index in [4.69, 9.17) is 18.8 Å². The standard InChI is InChI=1S/C52H32N2O2/c1-3-12-33(13-4-1)39-27-40(37-22-24-44-42-18-7-9-20-48(42)56-51(44)31-37)29-41(28-39)47-32-46(34-14-5-2-6-15-34)53-52(54-47)38-17-11-16-35(26-38)36-23-25-50-45(30-36)43-19-8-10-21-49(43)55-50/h1-32H. The van der Waals surface area contributed by atoms with Gasteiger partial charge in [0.05, 0.1) is 11.4 Å². The minimum absolute atomic E-state index is 0.661. The Labute approximate surface area is 323 Å². The molecule has 0 aliphatic carbocycles. The van der Waals surface area contributed by atoms with Gasteiger partial charge in [-0.25, -0.2) is 9.97 Å². The largest absolute Gasteiger partial charge is 0.456 e. The van der Waals surface area contributed by atoms with E-state index < -0.39 is 0 Å². The Hall–Kier alpha value is -7.56. The van der Waals surface area contributed by atoms with Crippen LogP contribution in [0.15, 0.2) is 203 Å². The third kappa shape index (κ3) is 5.64. The molecule has 4 nitrogen and oxygen atoms in total. The van der Waals surface area contributed by atoms with Gasteiger partial charge in [0.1, 0.15) is 22.3 Å². The van der Waals surface area contributed by atoms with Crippen molar-refractivity contribution in [1.29, 1.82) is 0 Å². The third-order valence-electron chi connectivity index (χ3n) is 10.7. The molecule has 0 radical (unpaired) electrons. The lowest BCUT2D eigenvalue weighted by molar-refractivity contribution is 0.668. The molecule has 0 atom stereocenters. The molecule has 56 heavy (non-hydrogen) atoms. The summed E-state index contributed by atoms with van der Waals surface area (Å²) in [5, 5.41) is 4.44. The average molecular weight is 717 g/mol. The van der Waals surface area contributed by atoms with Gasteiger partial charge in [0.2, 0.25) is 0 Å². The zero-order chi connectivity index (χ0) is 37.0. The Bertz CT molecular complexity index is 3250. The van der Waals surface area contributed by atoms with E-state index in [9.17, 15) is 0 Å². The van der Waals surface area contributed by atoms with Gasteiger partial charge in [-0.05, 0) is 100 Å². The lowest BCUT2D eigenvalue weighted by atomic mass is 9.94. The molecule has 0 N–H and O–H groups in total. The third-order valence-corrected chi connectivity index (χ3v) is 10.7. The number of para-hydroxylation sites is 2. The maximum absolute atomic E-state index is 6.33. The summed E-state index contributed by atoms with van der Waals surface area (Å²) < 4.78 is 12.5. The highest BCUT2D eigenvalue weighted by Crippen LogP contribution is 2.38. The van der Waals surface area contributed by atoms with Crippen molar-refractivity contribution in [2.75, 3.05) is 0 Å². The predicted octanol–water partition coefficient (Wildman–Crippen LogP) is 14.3. The first kappa shape index (κ1) is 31.9. The molecule has 3 aromatic heterocycles. The highest BCUT2D eigenvalue weighted by Gasteiger charge is 2.16. The summed E-state index contributed by atoms with van der Waals surface area (Å²) in [4.78, 5) is 10.5. The number of aromatic nitrogens is 2. The lowest BCUT2D eigenvalue weighted by Gasteiger charge is -2.14. The summed E-state index contributed by atoms with van der Waals surface area (Å²) in [6.07, 6.45) is 0. The fraction of sp³-hybridized carbons (Fsp3) is 0. The highest BCUT2D eigenvalue weighted by molar-refractivity contribution is 6.07. The Morgan fingerprint density at radius 3 is 1.50 bits per heavy atom. The summed E-state index contributed by atoms with van der Waals surface area (Å²) in [6.45, 7) is 0. The van der Waals surface area contributed by atoms with Crippen molar-refractivity contribution in [3.63, 3.8) is 0 Å². The summed E-state index contributed by atoms with van der Waals surface area (Å²) in [6, 6.07) is 67.5. The first-order chi connectivity index (χ1) is 27.7. The summed E-state index contributed by atoms with van der Waals surface area (Å²) in [5.74, 6) is 0.661. The zero-order valence-electron chi connectivity index (χ0n) is 30.2. The van der Waals surface area contributed by atoms with Gasteiger partial charge in [0.25, 0.3) is 0 Å². The zero-order valence-corrected chi connectivity index (χ0v) is 30.2. The molecule has 0 amide bonds. The molecule has 0 aliphatic rings. The van der Waals surface area contributed by atoms with E-state index in [0.717, 1.165) is 105 Å².